The highest BCUT2D eigenvalue weighted by Gasteiger charge is 2.24. The highest BCUT2D eigenvalue weighted by molar-refractivity contribution is 5.89. The summed E-state index contributed by atoms with van der Waals surface area (Å²) in [5.74, 6) is 1.10. The molecule has 118 valence electrons. The van der Waals surface area contributed by atoms with E-state index in [9.17, 15) is 4.39 Å². The summed E-state index contributed by atoms with van der Waals surface area (Å²) in [6.07, 6.45) is 5.58. The summed E-state index contributed by atoms with van der Waals surface area (Å²) in [5.41, 5.74) is 3.24. The number of rotatable bonds is 2. The predicted molar refractivity (Wildman–Crippen MR) is 87.0 cm³/mol. The number of aromatic amines is 1. The third kappa shape index (κ3) is 2.54. The van der Waals surface area contributed by atoms with Crippen LogP contribution >= 0.6 is 0 Å². The topological polar surface area (TPSA) is 57.7 Å². The second-order valence-corrected chi connectivity index (χ2v) is 6.07. The summed E-state index contributed by atoms with van der Waals surface area (Å²) in [6.45, 7) is 3.87. The molecule has 3 aromatic rings. The highest BCUT2D eigenvalue weighted by Crippen LogP contribution is 2.33. The number of piperidine rings is 1. The monoisotopic (exact) mass is 311 g/mol. The fraction of sp³-hybridized carbons (Fsp3) is 0.353. The fourth-order valence-electron chi connectivity index (χ4n) is 3.44. The van der Waals surface area contributed by atoms with Crippen LogP contribution in [0.4, 0.5) is 10.2 Å². The van der Waals surface area contributed by atoms with Crippen molar-refractivity contribution >= 4 is 16.7 Å². The van der Waals surface area contributed by atoms with Gasteiger partial charge in [-0.1, -0.05) is 0 Å². The highest BCUT2D eigenvalue weighted by atomic mass is 19.1. The summed E-state index contributed by atoms with van der Waals surface area (Å²) in [7, 11) is 0. The van der Waals surface area contributed by atoms with Crippen molar-refractivity contribution in [2.45, 2.75) is 25.7 Å². The molecular formula is C17H18FN5. The minimum absolute atomic E-state index is 0.252. The summed E-state index contributed by atoms with van der Waals surface area (Å²) in [4.78, 5) is 10.9. The zero-order chi connectivity index (χ0) is 15.8. The van der Waals surface area contributed by atoms with Crippen LogP contribution in [-0.4, -0.2) is 33.3 Å². The maximum absolute atomic E-state index is 13.6. The van der Waals surface area contributed by atoms with Gasteiger partial charge < -0.3 is 4.90 Å². The molecule has 1 aliphatic rings. The Morgan fingerprint density at radius 2 is 2.04 bits per heavy atom. The van der Waals surface area contributed by atoms with Gasteiger partial charge in [-0.3, -0.25) is 5.10 Å². The van der Waals surface area contributed by atoms with E-state index < -0.39 is 0 Å². The molecule has 5 nitrogen and oxygen atoms in total. The zero-order valence-electron chi connectivity index (χ0n) is 13.0. The van der Waals surface area contributed by atoms with E-state index in [1.165, 1.54) is 17.7 Å². The molecule has 0 saturated carbocycles. The van der Waals surface area contributed by atoms with E-state index in [0.717, 1.165) is 48.3 Å². The Kier molecular flexibility index (Phi) is 3.44. The van der Waals surface area contributed by atoms with E-state index in [2.05, 4.69) is 32.0 Å². The van der Waals surface area contributed by atoms with Crippen LogP contribution in [0.1, 0.15) is 30.0 Å². The summed E-state index contributed by atoms with van der Waals surface area (Å²) < 4.78 is 13.6. The van der Waals surface area contributed by atoms with Crippen LogP contribution in [0.15, 0.2) is 30.7 Å². The quantitative estimate of drug-likeness (QED) is 0.789. The van der Waals surface area contributed by atoms with Gasteiger partial charge in [0.05, 0.1) is 11.7 Å². The van der Waals surface area contributed by atoms with Crippen molar-refractivity contribution < 1.29 is 4.39 Å². The number of aromatic nitrogens is 4. The van der Waals surface area contributed by atoms with Crippen molar-refractivity contribution in [3.63, 3.8) is 0 Å². The van der Waals surface area contributed by atoms with E-state index in [4.69, 9.17) is 0 Å². The predicted octanol–water partition coefficient (Wildman–Crippen LogP) is 3.18. The Balaban J connectivity index is 1.59. The van der Waals surface area contributed by atoms with Crippen molar-refractivity contribution in [3.8, 4) is 0 Å². The smallest absolute Gasteiger partial charge is 0.139 e. The van der Waals surface area contributed by atoms with Crippen LogP contribution in [0.2, 0.25) is 0 Å². The number of halogens is 1. The molecule has 0 bridgehead atoms. The van der Waals surface area contributed by atoms with Crippen molar-refractivity contribution in [3.05, 3.63) is 47.8 Å². The molecule has 1 aliphatic heterocycles. The van der Waals surface area contributed by atoms with Gasteiger partial charge in [-0.25, -0.2) is 14.4 Å². The first kappa shape index (κ1) is 14.1. The molecule has 0 aliphatic carbocycles. The first-order valence-corrected chi connectivity index (χ1v) is 7.87. The lowest BCUT2D eigenvalue weighted by Gasteiger charge is -2.33. The van der Waals surface area contributed by atoms with Gasteiger partial charge in [0.1, 0.15) is 18.0 Å². The first-order chi connectivity index (χ1) is 11.2. The Labute approximate surface area is 133 Å². The molecule has 0 atom stereocenters. The van der Waals surface area contributed by atoms with Gasteiger partial charge in [-0.05, 0) is 49.4 Å². The molecular weight excluding hydrogens is 293 g/mol. The van der Waals surface area contributed by atoms with Crippen LogP contribution < -0.4 is 4.90 Å². The zero-order valence-corrected chi connectivity index (χ0v) is 13.0. The Bertz CT molecular complexity index is 836. The molecule has 0 spiro atoms. The van der Waals surface area contributed by atoms with E-state index >= 15 is 0 Å². The molecule has 4 rings (SSSR count). The Morgan fingerprint density at radius 1 is 1.22 bits per heavy atom. The summed E-state index contributed by atoms with van der Waals surface area (Å²) >= 11 is 0. The average molecular weight is 311 g/mol. The van der Waals surface area contributed by atoms with Crippen molar-refractivity contribution in [1.29, 1.82) is 0 Å². The van der Waals surface area contributed by atoms with E-state index in [1.54, 1.807) is 12.4 Å². The molecule has 0 radical (unpaired) electrons. The molecule has 1 aromatic carbocycles. The molecule has 6 heteroatoms. The van der Waals surface area contributed by atoms with Crippen LogP contribution in [0.5, 0.6) is 0 Å². The molecule has 1 fully saturated rings. The second-order valence-electron chi connectivity index (χ2n) is 6.07. The second kappa shape index (κ2) is 5.61. The number of fused-ring (bicyclic) bond motifs is 1. The third-order valence-electron chi connectivity index (χ3n) is 4.68. The lowest BCUT2D eigenvalue weighted by Crippen LogP contribution is -2.33. The lowest BCUT2D eigenvalue weighted by molar-refractivity contribution is 0.502. The number of anilines is 1. The van der Waals surface area contributed by atoms with Gasteiger partial charge in [0.2, 0.25) is 0 Å². The SMILES string of the molecule is Cc1[nH]ncc1C1CCN(c2ncnc3ccc(F)cc23)CC1. The number of hydrogen-bond acceptors (Lipinski definition) is 4. The van der Waals surface area contributed by atoms with Gasteiger partial charge in [-0.15, -0.1) is 0 Å². The molecule has 0 amide bonds. The van der Waals surface area contributed by atoms with E-state index in [1.807, 2.05) is 6.20 Å². The largest absolute Gasteiger partial charge is 0.356 e. The van der Waals surface area contributed by atoms with Gasteiger partial charge in [-0.2, -0.15) is 5.10 Å². The molecule has 2 aromatic heterocycles. The lowest BCUT2D eigenvalue weighted by atomic mass is 9.90. The normalized spacial score (nSPS) is 16.2. The molecule has 3 heterocycles. The van der Waals surface area contributed by atoms with Crippen molar-refractivity contribution in [2.75, 3.05) is 18.0 Å². The van der Waals surface area contributed by atoms with Crippen LogP contribution in [-0.2, 0) is 0 Å². The minimum atomic E-state index is -0.252. The Hall–Kier alpha value is -2.50. The summed E-state index contributed by atoms with van der Waals surface area (Å²) in [6, 6.07) is 4.67. The fourth-order valence-corrected chi connectivity index (χ4v) is 3.44. The van der Waals surface area contributed by atoms with Gasteiger partial charge in [0.25, 0.3) is 0 Å². The van der Waals surface area contributed by atoms with Crippen LogP contribution in [0.3, 0.4) is 0 Å². The molecule has 1 N–H and O–H groups in total. The molecule has 23 heavy (non-hydrogen) atoms. The average Bonchev–Trinajstić information content (AvgIpc) is 3.00. The van der Waals surface area contributed by atoms with Crippen molar-refractivity contribution in [1.82, 2.24) is 20.2 Å². The van der Waals surface area contributed by atoms with E-state index in [0.29, 0.717) is 5.92 Å². The minimum Gasteiger partial charge on any atom is -0.356 e. The Morgan fingerprint density at radius 3 is 2.78 bits per heavy atom. The number of nitrogens with one attached hydrogen (secondary N) is 1. The van der Waals surface area contributed by atoms with Gasteiger partial charge in [0.15, 0.2) is 0 Å². The first-order valence-electron chi connectivity index (χ1n) is 7.87. The van der Waals surface area contributed by atoms with Gasteiger partial charge >= 0.3 is 0 Å². The molecule has 0 unspecified atom stereocenters. The van der Waals surface area contributed by atoms with Gasteiger partial charge in [0, 0.05) is 24.2 Å². The number of nitrogens with zero attached hydrogens (tertiary/aromatic N) is 4. The number of hydrogen-bond donors (Lipinski definition) is 1. The van der Waals surface area contributed by atoms with Crippen LogP contribution in [0.25, 0.3) is 10.9 Å². The summed E-state index contributed by atoms with van der Waals surface area (Å²) in [5, 5.41) is 7.92. The number of H-pyrrole nitrogens is 1. The van der Waals surface area contributed by atoms with Crippen LogP contribution in [0, 0.1) is 12.7 Å². The van der Waals surface area contributed by atoms with E-state index in [-0.39, 0.29) is 5.82 Å². The number of aryl methyl sites for hydroxylation is 1. The third-order valence-corrected chi connectivity index (χ3v) is 4.68. The van der Waals surface area contributed by atoms with Crippen molar-refractivity contribution in [2.24, 2.45) is 0 Å². The standard InChI is InChI=1S/C17H18FN5/c1-11-15(9-21-22-11)12-4-6-23(7-5-12)17-14-8-13(18)2-3-16(14)19-10-20-17/h2-3,8-10,12H,4-7H2,1H3,(H,21,22). The number of benzene rings is 1. The molecule has 1 saturated heterocycles. The maximum atomic E-state index is 13.6. The maximum Gasteiger partial charge on any atom is 0.139 e.